The molecule has 0 N–H and O–H groups in total. The van der Waals surface area contributed by atoms with Gasteiger partial charge >= 0.3 is 5.97 Å². The maximum Gasteiger partial charge on any atom is 0.338 e. The number of methoxy groups -OCH3 is 1. The van der Waals surface area contributed by atoms with Gasteiger partial charge < -0.3 is 13.9 Å². The van der Waals surface area contributed by atoms with Crippen molar-refractivity contribution in [2.24, 2.45) is 4.99 Å². The van der Waals surface area contributed by atoms with E-state index < -0.39 is 16.9 Å². The van der Waals surface area contributed by atoms with Gasteiger partial charge in [0.25, 0.3) is 11.2 Å². The molecule has 10 nitrogen and oxygen atoms in total. The van der Waals surface area contributed by atoms with Crippen LogP contribution in [0.1, 0.15) is 42.3 Å². The fourth-order valence-electron chi connectivity index (χ4n) is 4.91. The zero-order chi connectivity index (χ0) is 29.4. The van der Waals surface area contributed by atoms with Gasteiger partial charge in [0.05, 0.1) is 40.5 Å². The van der Waals surface area contributed by atoms with Gasteiger partial charge in [-0.25, -0.2) is 9.79 Å². The maximum atomic E-state index is 13.9. The molecule has 0 unspecified atom stereocenters. The van der Waals surface area contributed by atoms with Crippen molar-refractivity contribution in [3.05, 3.63) is 112 Å². The number of nitro benzene ring substituents is 1. The largest absolute Gasteiger partial charge is 0.496 e. The summed E-state index contributed by atoms with van der Waals surface area (Å²) in [6.45, 7) is 7.20. The molecule has 0 radical (unpaired) electrons. The summed E-state index contributed by atoms with van der Waals surface area (Å²) in [5.74, 6) is 0.916. The summed E-state index contributed by atoms with van der Waals surface area (Å²) in [7, 11) is 1.57. The first-order valence-electron chi connectivity index (χ1n) is 12.8. The first-order valence-corrected chi connectivity index (χ1v) is 13.6. The molecule has 1 aliphatic heterocycles. The average molecular weight is 574 g/mol. The van der Waals surface area contributed by atoms with Crippen LogP contribution in [0.3, 0.4) is 0 Å². The number of rotatable bonds is 7. The van der Waals surface area contributed by atoms with Crippen molar-refractivity contribution in [3.8, 4) is 17.1 Å². The average Bonchev–Trinajstić information content (AvgIpc) is 3.52. The number of thiazole rings is 1. The lowest BCUT2D eigenvalue weighted by Gasteiger charge is -2.25. The number of allylic oxidation sites excluding steroid dienone is 1. The van der Waals surface area contributed by atoms with Crippen molar-refractivity contribution in [2.45, 2.75) is 33.7 Å². The number of nitro groups is 1. The van der Waals surface area contributed by atoms with E-state index in [0.29, 0.717) is 49.0 Å². The standard InChI is InChI=1S/C30H27N3O7S/c1-6-39-29(35)26-18(4)31-30-32(27(26)19-11-10-16(2)24(14-19)38-5)28(34)25(41-30)15-20-12-13-23(40-20)21-8-7-9-22(17(21)3)33(36)37/h7-15,27H,6H2,1-5H3/b25-15+/t27-/m1/s1. The van der Waals surface area contributed by atoms with Crippen LogP contribution in [0.4, 0.5) is 5.69 Å². The molecule has 11 heteroatoms. The number of aromatic nitrogens is 1. The molecule has 0 saturated carbocycles. The van der Waals surface area contributed by atoms with Crippen molar-refractivity contribution in [3.63, 3.8) is 0 Å². The number of furan rings is 1. The second kappa shape index (κ2) is 11.0. The van der Waals surface area contributed by atoms with Crippen LogP contribution in [-0.2, 0) is 9.53 Å². The number of esters is 1. The van der Waals surface area contributed by atoms with Gasteiger partial charge in [-0.1, -0.05) is 35.6 Å². The van der Waals surface area contributed by atoms with Crippen LogP contribution in [0, 0.1) is 24.0 Å². The third kappa shape index (κ3) is 5.00. The molecular weight excluding hydrogens is 546 g/mol. The molecule has 4 aromatic rings. The van der Waals surface area contributed by atoms with E-state index in [0.717, 1.165) is 5.56 Å². The molecule has 2 aromatic carbocycles. The summed E-state index contributed by atoms with van der Waals surface area (Å²) in [6.07, 6.45) is 1.61. The Bertz CT molecular complexity index is 1910. The Hall–Kier alpha value is -4.77. The van der Waals surface area contributed by atoms with E-state index in [2.05, 4.69) is 4.99 Å². The van der Waals surface area contributed by atoms with Crippen LogP contribution >= 0.6 is 11.3 Å². The monoisotopic (exact) mass is 573 g/mol. The molecule has 1 aliphatic rings. The molecule has 0 aliphatic carbocycles. The van der Waals surface area contributed by atoms with Crippen molar-refractivity contribution < 1.29 is 23.6 Å². The molecule has 3 heterocycles. The molecule has 2 aromatic heterocycles. The van der Waals surface area contributed by atoms with E-state index in [4.69, 9.17) is 13.9 Å². The zero-order valence-electron chi connectivity index (χ0n) is 23.1. The van der Waals surface area contributed by atoms with Crippen LogP contribution in [0.5, 0.6) is 5.75 Å². The highest BCUT2D eigenvalue weighted by Gasteiger charge is 2.33. The number of aryl methyl sites for hydroxylation is 1. The number of benzene rings is 2. The first-order chi connectivity index (χ1) is 19.6. The van der Waals surface area contributed by atoms with E-state index in [9.17, 15) is 19.7 Å². The smallest absolute Gasteiger partial charge is 0.338 e. The molecule has 41 heavy (non-hydrogen) atoms. The minimum atomic E-state index is -0.776. The normalized spacial score (nSPS) is 15.0. The lowest BCUT2D eigenvalue weighted by molar-refractivity contribution is -0.385. The highest BCUT2D eigenvalue weighted by atomic mass is 32.1. The third-order valence-electron chi connectivity index (χ3n) is 6.93. The minimum Gasteiger partial charge on any atom is -0.496 e. The Kier molecular flexibility index (Phi) is 7.46. The van der Waals surface area contributed by atoms with Crippen molar-refractivity contribution in [2.75, 3.05) is 13.7 Å². The number of hydrogen-bond acceptors (Lipinski definition) is 9. The van der Waals surface area contributed by atoms with Crippen LogP contribution in [0.2, 0.25) is 0 Å². The molecule has 0 spiro atoms. The Balaban J connectivity index is 1.65. The van der Waals surface area contributed by atoms with Gasteiger partial charge in [-0.3, -0.25) is 19.5 Å². The lowest BCUT2D eigenvalue weighted by Crippen LogP contribution is -2.40. The van der Waals surface area contributed by atoms with Crippen LogP contribution < -0.4 is 19.6 Å². The number of carbonyl (C=O) groups is 1. The number of fused-ring (bicyclic) bond motifs is 1. The molecule has 0 saturated heterocycles. The van der Waals surface area contributed by atoms with E-state index in [1.807, 2.05) is 25.1 Å². The number of carbonyl (C=O) groups excluding carboxylic acids is 1. The van der Waals surface area contributed by atoms with E-state index in [-0.39, 0.29) is 23.4 Å². The topological polar surface area (TPSA) is 126 Å². The molecule has 0 amide bonds. The Morgan fingerprint density at radius 3 is 2.68 bits per heavy atom. The molecule has 0 bridgehead atoms. The van der Waals surface area contributed by atoms with Crippen LogP contribution in [-0.4, -0.2) is 29.2 Å². The summed E-state index contributed by atoms with van der Waals surface area (Å²) < 4.78 is 18.7. The maximum absolute atomic E-state index is 13.9. The fraction of sp³-hybridized carbons (Fsp3) is 0.233. The van der Waals surface area contributed by atoms with Gasteiger partial charge in [0, 0.05) is 23.3 Å². The van der Waals surface area contributed by atoms with Crippen molar-refractivity contribution in [1.82, 2.24) is 4.57 Å². The Labute approximate surface area is 238 Å². The molecule has 1 atom stereocenters. The van der Waals surface area contributed by atoms with E-state index in [1.54, 1.807) is 58.2 Å². The molecule has 0 fully saturated rings. The highest BCUT2D eigenvalue weighted by Crippen LogP contribution is 2.34. The predicted molar refractivity (Wildman–Crippen MR) is 154 cm³/mol. The van der Waals surface area contributed by atoms with Gasteiger partial charge in [0.1, 0.15) is 17.3 Å². The van der Waals surface area contributed by atoms with Gasteiger partial charge in [-0.05, 0) is 57.0 Å². The summed E-state index contributed by atoms with van der Waals surface area (Å²) in [5.41, 5.74) is 3.04. The van der Waals surface area contributed by atoms with E-state index in [1.165, 1.54) is 22.0 Å². The second-order valence-electron chi connectivity index (χ2n) is 9.44. The molecule has 5 rings (SSSR count). The predicted octanol–water partition coefficient (Wildman–Crippen LogP) is 4.59. The van der Waals surface area contributed by atoms with Crippen LogP contribution in [0.15, 0.2) is 74.0 Å². The highest BCUT2D eigenvalue weighted by molar-refractivity contribution is 7.07. The molecular formula is C30H27N3O7S. The quantitative estimate of drug-likeness (QED) is 0.180. The van der Waals surface area contributed by atoms with Gasteiger partial charge in [-0.15, -0.1) is 0 Å². The summed E-state index contributed by atoms with van der Waals surface area (Å²) in [4.78, 5) is 42.9. The Morgan fingerprint density at radius 1 is 1.20 bits per heavy atom. The zero-order valence-corrected chi connectivity index (χ0v) is 23.9. The van der Waals surface area contributed by atoms with Crippen molar-refractivity contribution >= 4 is 29.1 Å². The minimum absolute atomic E-state index is 0.00531. The fourth-order valence-corrected chi connectivity index (χ4v) is 5.93. The van der Waals surface area contributed by atoms with Gasteiger partial charge in [0.15, 0.2) is 4.80 Å². The number of ether oxygens (including phenoxy) is 2. The number of nitrogens with zero attached hydrogens (tertiary/aromatic N) is 3. The second-order valence-corrected chi connectivity index (χ2v) is 10.4. The first kappa shape index (κ1) is 27.8. The molecule has 210 valence electrons. The van der Waals surface area contributed by atoms with Crippen molar-refractivity contribution in [1.29, 1.82) is 0 Å². The third-order valence-corrected chi connectivity index (χ3v) is 7.92. The van der Waals surface area contributed by atoms with Gasteiger partial charge in [0.2, 0.25) is 0 Å². The lowest BCUT2D eigenvalue weighted by atomic mass is 9.95. The SMILES string of the molecule is CCOC(=O)C1=C(C)N=c2s/c(=C/c3ccc(-c4cccc([N+](=O)[O-])c4C)o3)c(=O)n2[C@@H]1c1ccc(C)c(OC)c1. The number of hydrogen-bond donors (Lipinski definition) is 0. The van der Waals surface area contributed by atoms with Crippen LogP contribution in [0.25, 0.3) is 17.4 Å². The summed E-state index contributed by atoms with van der Waals surface area (Å²) in [5, 5.41) is 11.4. The van der Waals surface area contributed by atoms with E-state index >= 15 is 0 Å². The Morgan fingerprint density at radius 2 is 1.98 bits per heavy atom. The summed E-state index contributed by atoms with van der Waals surface area (Å²) in [6, 6.07) is 13.0. The van der Waals surface area contributed by atoms with Gasteiger partial charge in [-0.2, -0.15) is 0 Å². The summed E-state index contributed by atoms with van der Waals surface area (Å²) >= 11 is 1.18.